The zero-order chi connectivity index (χ0) is 13.9. The van der Waals surface area contributed by atoms with Crippen LogP contribution in [0.1, 0.15) is 10.4 Å². The Morgan fingerprint density at radius 1 is 1.39 bits per heavy atom. The molecular formula is C10H7F2IO5. The summed E-state index contributed by atoms with van der Waals surface area (Å²) in [5.74, 6) is -8.19. The summed E-state index contributed by atoms with van der Waals surface area (Å²) in [4.78, 5) is 21.4. The average Bonchev–Trinajstić information content (AvgIpc) is 2.25. The van der Waals surface area contributed by atoms with Gasteiger partial charge in [-0.15, -0.1) is 0 Å². The van der Waals surface area contributed by atoms with E-state index in [1.165, 1.54) is 18.2 Å². The van der Waals surface area contributed by atoms with Crippen molar-refractivity contribution in [3.05, 3.63) is 27.3 Å². The van der Waals surface area contributed by atoms with Crippen molar-refractivity contribution in [1.82, 2.24) is 0 Å². The first kappa shape index (κ1) is 14.6. The Bertz CT molecular complexity index is 489. The molecule has 2 N–H and O–H groups in total. The van der Waals surface area contributed by atoms with E-state index in [1.54, 1.807) is 0 Å². The summed E-state index contributed by atoms with van der Waals surface area (Å²) < 4.78 is 30.1. The van der Waals surface area contributed by atoms with Gasteiger partial charge in [-0.1, -0.05) is 0 Å². The molecule has 0 spiro atoms. The molecule has 0 aliphatic rings. The molecule has 1 rings (SSSR count). The molecule has 0 aliphatic heterocycles. The topological polar surface area (TPSA) is 83.8 Å². The number of carbonyl (C=O) groups is 2. The molecule has 0 heterocycles. The molecule has 18 heavy (non-hydrogen) atoms. The van der Waals surface area contributed by atoms with Gasteiger partial charge in [0.1, 0.15) is 11.3 Å². The lowest BCUT2D eigenvalue weighted by Crippen LogP contribution is -2.34. The summed E-state index contributed by atoms with van der Waals surface area (Å²) in [5.41, 5.74) is -0.309. The van der Waals surface area contributed by atoms with Crippen LogP contribution in [0.4, 0.5) is 8.78 Å². The fourth-order valence-electron chi connectivity index (χ4n) is 0.973. The van der Waals surface area contributed by atoms with Crippen LogP contribution in [0.15, 0.2) is 18.2 Å². The smallest absolute Gasteiger partial charge is 0.378 e. The third-order valence-electron chi connectivity index (χ3n) is 1.88. The summed E-state index contributed by atoms with van der Waals surface area (Å²) in [6, 6.07) is 3.90. The van der Waals surface area contributed by atoms with Crippen LogP contribution < -0.4 is 0 Å². The highest BCUT2D eigenvalue weighted by Crippen LogP contribution is 2.22. The quantitative estimate of drug-likeness (QED) is 0.623. The Labute approximate surface area is 114 Å². The van der Waals surface area contributed by atoms with Crippen molar-refractivity contribution in [2.75, 3.05) is 6.61 Å². The molecule has 0 saturated carbocycles. The second kappa shape index (κ2) is 5.46. The number of hydrogen-bond donors (Lipinski definition) is 2. The van der Waals surface area contributed by atoms with Gasteiger partial charge in [-0.3, -0.25) is 0 Å². The van der Waals surface area contributed by atoms with Gasteiger partial charge in [-0.2, -0.15) is 8.78 Å². The SMILES string of the molecule is O=C(OCC(F)(F)C(=O)O)c1ccc(I)cc1O. The van der Waals surface area contributed by atoms with E-state index < -0.39 is 30.2 Å². The van der Waals surface area contributed by atoms with E-state index in [4.69, 9.17) is 5.11 Å². The Kier molecular flexibility index (Phi) is 4.43. The number of carboxylic acid groups (broad SMARTS) is 1. The lowest BCUT2D eigenvalue weighted by atomic mass is 10.2. The lowest BCUT2D eigenvalue weighted by Gasteiger charge is -2.12. The molecule has 0 aliphatic carbocycles. The van der Waals surface area contributed by atoms with Crippen molar-refractivity contribution < 1.29 is 33.3 Å². The molecule has 0 amide bonds. The van der Waals surface area contributed by atoms with Gasteiger partial charge < -0.3 is 14.9 Å². The number of ether oxygens (including phenoxy) is 1. The Morgan fingerprint density at radius 2 is 2.00 bits per heavy atom. The van der Waals surface area contributed by atoms with E-state index in [1.807, 2.05) is 22.6 Å². The van der Waals surface area contributed by atoms with Crippen LogP contribution in [-0.2, 0) is 9.53 Å². The van der Waals surface area contributed by atoms with E-state index in [9.17, 15) is 23.5 Å². The summed E-state index contributed by atoms with van der Waals surface area (Å²) in [7, 11) is 0. The highest BCUT2D eigenvalue weighted by Gasteiger charge is 2.40. The maximum Gasteiger partial charge on any atom is 0.378 e. The fraction of sp³-hybridized carbons (Fsp3) is 0.200. The first-order valence-electron chi connectivity index (χ1n) is 4.51. The number of aliphatic carboxylic acids is 1. The minimum Gasteiger partial charge on any atom is -0.507 e. The zero-order valence-electron chi connectivity index (χ0n) is 8.69. The average molecular weight is 372 g/mol. The maximum absolute atomic E-state index is 12.6. The molecule has 0 fully saturated rings. The number of hydrogen-bond acceptors (Lipinski definition) is 4. The van der Waals surface area contributed by atoms with Gasteiger partial charge in [0.2, 0.25) is 0 Å². The van der Waals surface area contributed by atoms with Crippen molar-refractivity contribution in [1.29, 1.82) is 0 Å². The number of phenolic OH excluding ortho intramolecular Hbond substituents is 1. The molecule has 8 heteroatoms. The molecular weight excluding hydrogens is 365 g/mol. The van der Waals surface area contributed by atoms with Gasteiger partial charge in [-0.25, -0.2) is 9.59 Å². The van der Waals surface area contributed by atoms with Crippen molar-refractivity contribution in [2.24, 2.45) is 0 Å². The highest BCUT2D eigenvalue weighted by atomic mass is 127. The predicted octanol–water partition coefficient (Wildman–Crippen LogP) is 1.87. The van der Waals surface area contributed by atoms with Gasteiger partial charge in [0.25, 0.3) is 0 Å². The minimum atomic E-state index is -4.16. The number of rotatable bonds is 4. The fourth-order valence-corrected chi connectivity index (χ4v) is 1.45. The van der Waals surface area contributed by atoms with Crippen LogP contribution in [0.2, 0.25) is 0 Å². The van der Waals surface area contributed by atoms with E-state index in [-0.39, 0.29) is 5.56 Å². The number of phenols is 1. The number of benzene rings is 1. The number of esters is 1. The molecule has 0 radical (unpaired) electrons. The van der Waals surface area contributed by atoms with Crippen molar-refractivity contribution in [2.45, 2.75) is 5.92 Å². The number of carbonyl (C=O) groups excluding carboxylic acids is 1. The van der Waals surface area contributed by atoms with Gasteiger partial charge >= 0.3 is 17.9 Å². The molecule has 1 aromatic carbocycles. The molecule has 1 aromatic rings. The Hall–Kier alpha value is -1.45. The van der Waals surface area contributed by atoms with E-state index >= 15 is 0 Å². The van der Waals surface area contributed by atoms with Crippen LogP contribution in [0, 0.1) is 3.57 Å². The van der Waals surface area contributed by atoms with E-state index in [0.717, 1.165) is 0 Å². The number of alkyl halides is 2. The molecule has 0 saturated heterocycles. The highest BCUT2D eigenvalue weighted by molar-refractivity contribution is 14.1. The van der Waals surface area contributed by atoms with Gasteiger partial charge in [0.15, 0.2) is 6.61 Å². The van der Waals surface area contributed by atoms with Crippen LogP contribution in [-0.4, -0.2) is 34.7 Å². The third-order valence-corrected chi connectivity index (χ3v) is 2.55. The van der Waals surface area contributed by atoms with E-state index in [2.05, 4.69) is 4.74 Å². The summed E-state index contributed by atoms with van der Waals surface area (Å²) >= 11 is 1.88. The second-order valence-electron chi connectivity index (χ2n) is 3.25. The first-order valence-corrected chi connectivity index (χ1v) is 5.59. The molecule has 0 unspecified atom stereocenters. The van der Waals surface area contributed by atoms with Crippen LogP contribution in [0.3, 0.4) is 0 Å². The van der Waals surface area contributed by atoms with Crippen LogP contribution >= 0.6 is 22.6 Å². The van der Waals surface area contributed by atoms with E-state index in [0.29, 0.717) is 3.57 Å². The third kappa shape index (κ3) is 3.52. The molecule has 0 atom stereocenters. The van der Waals surface area contributed by atoms with Crippen LogP contribution in [0.25, 0.3) is 0 Å². The largest absolute Gasteiger partial charge is 0.507 e. The molecule has 0 bridgehead atoms. The second-order valence-corrected chi connectivity index (χ2v) is 4.49. The normalized spacial score (nSPS) is 11.1. The summed E-state index contributed by atoms with van der Waals surface area (Å²) in [5, 5.41) is 17.5. The molecule has 5 nitrogen and oxygen atoms in total. The predicted molar refractivity (Wildman–Crippen MR) is 63.7 cm³/mol. The Morgan fingerprint density at radius 3 is 2.50 bits per heavy atom. The van der Waals surface area contributed by atoms with Gasteiger partial charge in [-0.05, 0) is 40.8 Å². The first-order chi connectivity index (χ1) is 8.24. The van der Waals surface area contributed by atoms with Gasteiger partial charge in [0.05, 0.1) is 0 Å². The van der Waals surface area contributed by atoms with Crippen molar-refractivity contribution in [3.63, 3.8) is 0 Å². The lowest BCUT2D eigenvalue weighted by molar-refractivity contribution is -0.170. The monoisotopic (exact) mass is 372 g/mol. The molecule has 98 valence electrons. The number of halogens is 3. The van der Waals surface area contributed by atoms with Crippen LogP contribution in [0.5, 0.6) is 5.75 Å². The molecule has 0 aromatic heterocycles. The number of carboxylic acids is 1. The summed E-state index contributed by atoms with van der Waals surface area (Å²) in [6.45, 7) is -1.59. The van der Waals surface area contributed by atoms with Gasteiger partial charge in [0, 0.05) is 3.57 Å². The van der Waals surface area contributed by atoms with Crippen molar-refractivity contribution in [3.8, 4) is 5.75 Å². The maximum atomic E-state index is 12.6. The van der Waals surface area contributed by atoms with Crippen molar-refractivity contribution >= 4 is 34.5 Å². The standard InChI is InChI=1S/C10H7F2IO5/c11-10(12,9(16)17)4-18-8(15)6-2-1-5(13)3-7(6)14/h1-3,14H,4H2,(H,16,17). The summed E-state index contributed by atoms with van der Waals surface area (Å²) in [6.07, 6.45) is 0. The zero-order valence-corrected chi connectivity index (χ0v) is 10.8. The number of aromatic hydroxyl groups is 1. The minimum absolute atomic E-state index is 0.309. The Balaban J connectivity index is 2.75.